The van der Waals surface area contributed by atoms with Gasteiger partial charge in [0.1, 0.15) is 0 Å². The van der Waals surface area contributed by atoms with Crippen molar-refractivity contribution in [1.82, 2.24) is 4.98 Å². The third-order valence-corrected chi connectivity index (χ3v) is 2.12. The molecule has 1 heterocycles. The standard InChI is InChI=1S/C8H8BrN3/c9-7(4-10)8(11)6-2-1-3-12-5-6/h1-5,7,10-11H. The summed E-state index contributed by atoms with van der Waals surface area (Å²) in [5.41, 5.74) is 1.10. The van der Waals surface area contributed by atoms with E-state index < -0.39 is 0 Å². The molecule has 0 aliphatic carbocycles. The molecule has 0 bridgehead atoms. The highest BCUT2D eigenvalue weighted by molar-refractivity contribution is 9.10. The number of rotatable bonds is 3. The fourth-order valence-electron chi connectivity index (χ4n) is 0.765. The second-order valence-electron chi connectivity index (χ2n) is 2.22. The van der Waals surface area contributed by atoms with Crippen molar-refractivity contribution in [3.63, 3.8) is 0 Å². The molecule has 0 radical (unpaired) electrons. The molecule has 0 amide bonds. The van der Waals surface area contributed by atoms with Crippen LogP contribution in [0.25, 0.3) is 0 Å². The molecule has 0 saturated carbocycles. The molecule has 0 aliphatic heterocycles. The van der Waals surface area contributed by atoms with Crippen LogP contribution in [0.4, 0.5) is 0 Å². The van der Waals surface area contributed by atoms with Gasteiger partial charge in [0.05, 0.1) is 10.5 Å². The second kappa shape index (κ2) is 4.11. The molecule has 0 saturated heterocycles. The largest absolute Gasteiger partial charge is 0.312 e. The van der Waals surface area contributed by atoms with Gasteiger partial charge in [-0.1, -0.05) is 22.0 Å². The zero-order valence-corrected chi connectivity index (χ0v) is 7.88. The van der Waals surface area contributed by atoms with Crippen molar-refractivity contribution in [2.45, 2.75) is 4.83 Å². The highest BCUT2D eigenvalue weighted by Crippen LogP contribution is 2.06. The summed E-state index contributed by atoms with van der Waals surface area (Å²) in [4.78, 5) is 3.57. The Morgan fingerprint density at radius 1 is 1.67 bits per heavy atom. The predicted molar refractivity (Wildman–Crippen MR) is 52.6 cm³/mol. The van der Waals surface area contributed by atoms with Crippen LogP contribution in [0.1, 0.15) is 5.56 Å². The molecule has 1 unspecified atom stereocenters. The van der Waals surface area contributed by atoms with Gasteiger partial charge in [-0.3, -0.25) is 4.98 Å². The third kappa shape index (κ3) is 1.98. The second-order valence-corrected chi connectivity index (χ2v) is 3.21. The third-order valence-electron chi connectivity index (χ3n) is 1.39. The van der Waals surface area contributed by atoms with Crippen molar-refractivity contribution < 1.29 is 0 Å². The molecule has 1 atom stereocenters. The summed E-state index contributed by atoms with van der Waals surface area (Å²) in [7, 11) is 0. The minimum absolute atomic E-state index is 0.318. The molecule has 1 aromatic rings. The topological polar surface area (TPSA) is 60.6 Å². The average molecular weight is 226 g/mol. The molecule has 0 fully saturated rings. The molecule has 62 valence electrons. The minimum atomic E-state index is -0.318. The fraction of sp³-hybridized carbons (Fsp3) is 0.125. The minimum Gasteiger partial charge on any atom is -0.312 e. The van der Waals surface area contributed by atoms with E-state index in [0.29, 0.717) is 5.71 Å². The highest BCUT2D eigenvalue weighted by atomic mass is 79.9. The van der Waals surface area contributed by atoms with Crippen LogP contribution in [0.15, 0.2) is 24.5 Å². The summed E-state index contributed by atoms with van der Waals surface area (Å²) in [5.74, 6) is 0. The molecule has 1 aromatic heterocycles. The van der Waals surface area contributed by atoms with Crippen LogP contribution in [-0.2, 0) is 0 Å². The van der Waals surface area contributed by atoms with E-state index in [4.69, 9.17) is 10.8 Å². The van der Waals surface area contributed by atoms with Crippen LogP contribution in [0.5, 0.6) is 0 Å². The van der Waals surface area contributed by atoms with E-state index in [1.807, 2.05) is 0 Å². The van der Waals surface area contributed by atoms with E-state index in [2.05, 4.69) is 20.9 Å². The van der Waals surface area contributed by atoms with Crippen LogP contribution >= 0.6 is 15.9 Å². The van der Waals surface area contributed by atoms with Gasteiger partial charge >= 0.3 is 0 Å². The number of nitrogens with zero attached hydrogens (tertiary/aromatic N) is 1. The van der Waals surface area contributed by atoms with E-state index in [9.17, 15) is 0 Å². The molecule has 4 heteroatoms. The highest BCUT2D eigenvalue weighted by Gasteiger charge is 2.08. The molecule has 0 aromatic carbocycles. The molecule has 1 rings (SSSR count). The lowest BCUT2D eigenvalue weighted by atomic mass is 10.1. The Labute approximate surface area is 79.0 Å². The normalized spacial score (nSPS) is 12.1. The fourth-order valence-corrected chi connectivity index (χ4v) is 1.03. The summed E-state index contributed by atoms with van der Waals surface area (Å²) in [6.45, 7) is 0. The van der Waals surface area contributed by atoms with Crippen LogP contribution < -0.4 is 0 Å². The maximum absolute atomic E-state index is 7.60. The van der Waals surface area contributed by atoms with Gasteiger partial charge in [0.2, 0.25) is 0 Å². The van der Waals surface area contributed by atoms with E-state index in [-0.39, 0.29) is 4.83 Å². The van der Waals surface area contributed by atoms with Crippen LogP contribution in [0, 0.1) is 10.8 Å². The van der Waals surface area contributed by atoms with Crippen molar-refractivity contribution in [3.05, 3.63) is 30.1 Å². The van der Waals surface area contributed by atoms with Gasteiger partial charge in [-0.05, 0) is 6.07 Å². The van der Waals surface area contributed by atoms with Gasteiger partial charge in [0.15, 0.2) is 0 Å². The number of hydrogen-bond acceptors (Lipinski definition) is 3. The molecule has 12 heavy (non-hydrogen) atoms. The van der Waals surface area contributed by atoms with Gasteiger partial charge < -0.3 is 10.8 Å². The van der Waals surface area contributed by atoms with E-state index in [1.54, 1.807) is 24.5 Å². The molecule has 0 spiro atoms. The van der Waals surface area contributed by atoms with E-state index in [1.165, 1.54) is 6.21 Å². The predicted octanol–water partition coefficient (Wildman–Crippen LogP) is 1.86. The van der Waals surface area contributed by atoms with Gasteiger partial charge in [0, 0.05) is 24.2 Å². The summed E-state index contributed by atoms with van der Waals surface area (Å²) in [5, 5.41) is 14.6. The summed E-state index contributed by atoms with van der Waals surface area (Å²) < 4.78 is 0. The van der Waals surface area contributed by atoms with Crippen LogP contribution in [-0.4, -0.2) is 21.7 Å². The number of aromatic nitrogens is 1. The Morgan fingerprint density at radius 2 is 2.42 bits per heavy atom. The Bertz CT molecular complexity index is 284. The average Bonchev–Trinajstić information content (AvgIpc) is 2.17. The first-order valence-corrected chi connectivity index (χ1v) is 4.30. The summed E-state index contributed by atoms with van der Waals surface area (Å²) >= 11 is 3.18. The first kappa shape index (κ1) is 9.06. The number of halogens is 1. The number of alkyl halides is 1. The lowest BCUT2D eigenvalue weighted by molar-refractivity contribution is 1.29. The van der Waals surface area contributed by atoms with Gasteiger partial charge in [-0.15, -0.1) is 0 Å². The molecule has 2 N–H and O–H groups in total. The summed E-state index contributed by atoms with van der Waals surface area (Å²) in [6, 6.07) is 3.57. The van der Waals surface area contributed by atoms with Crippen molar-refractivity contribution in [3.8, 4) is 0 Å². The van der Waals surface area contributed by atoms with Crippen molar-refractivity contribution in [2.75, 3.05) is 0 Å². The SMILES string of the molecule is N=CC(Br)C(=N)c1cccnc1. The van der Waals surface area contributed by atoms with Crippen molar-refractivity contribution >= 4 is 27.9 Å². The van der Waals surface area contributed by atoms with E-state index in [0.717, 1.165) is 5.56 Å². The Kier molecular flexibility index (Phi) is 3.10. The first-order valence-electron chi connectivity index (χ1n) is 3.39. The van der Waals surface area contributed by atoms with Gasteiger partial charge in [-0.25, -0.2) is 0 Å². The zero-order chi connectivity index (χ0) is 8.97. The quantitative estimate of drug-likeness (QED) is 0.599. The van der Waals surface area contributed by atoms with Crippen LogP contribution in [0.2, 0.25) is 0 Å². The van der Waals surface area contributed by atoms with Gasteiger partial charge in [-0.2, -0.15) is 0 Å². The Hall–Kier alpha value is -1.03. The van der Waals surface area contributed by atoms with Crippen LogP contribution in [0.3, 0.4) is 0 Å². The molecular weight excluding hydrogens is 218 g/mol. The molecular formula is C8H8BrN3. The monoisotopic (exact) mass is 225 g/mol. The number of nitrogens with one attached hydrogen (secondary N) is 2. The Balaban J connectivity index is 2.85. The Morgan fingerprint density at radius 3 is 2.92 bits per heavy atom. The number of pyridine rings is 1. The number of hydrogen-bond donors (Lipinski definition) is 2. The lowest BCUT2D eigenvalue weighted by Crippen LogP contribution is -2.14. The van der Waals surface area contributed by atoms with Crippen molar-refractivity contribution in [1.29, 1.82) is 10.8 Å². The zero-order valence-electron chi connectivity index (χ0n) is 6.29. The van der Waals surface area contributed by atoms with E-state index >= 15 is 0 Å². The lowest BCUT2D eigenvalue weighted by Gasteiger charge is -2.04. The molecule has 3 nitrogen and oxygen atoms in total. The molecule has 0 aliphatic rings. The maximum Gasteiger partial charge on any atom is 0.0911 e. The first-order chi connectivity index (χ1) is 5.75. The maximum atomic E-state index is 7.60. The smallest absolute Gasteiger partial charge is 0.0911 e. The van der Waals surface area contributed by atoms with Crippen molar-refractivity contribution in [2.24, 2.45) is 0 Å². The summed E-state index contributed by atoms with van der Waals surface area (Å²) in [6.07, 6.45) is 4.44. The van der Waals surface area contributed by atoms with Gasteiger partial charge in [0.25, 0.3) is 0 Å².